The molecule has 1 aromatic heterocycles. The average molecular weight is 430 g/mol. The highest BCUT2D eigenvalue weighted by Crippen LogP contribution is 2.20. The van der Waals surface area contributed by atoms with Gasteiger partial charge in [-0.3, -0.25) is 9.36 Å². The van der Waals surface area contributed by atoms with E-state index in [0.29, 0.717) is 0 Å². The van der Waals surface area contributed by atoms with Gasteiger partial charge >= 0.3 is 11.7 Å². The molecule has 3 rings (SSSR count). The minimum Gasteiger partial charge on any atom is -0.460 e. The number of carbonyl (C=O) groups excluding carboxylic acids is 1. The SMILES string of the molecule is CC(CCCCCCc1ccccc1)C(=O)OC[C@H]1OC[C@@H](n2ccc(N)nc2=O)O1. The number of nitrogen functional groups attached to an aromatic ring is 1. The molecule has 8 nitrogen and oxygen atoms in total. The van der Waals surface area contributed by atoms with Crippen molar-refractivity contribution in [2.45, 2.75) is 58.0 Å². The van der Waals surface area contributed by atoms with Crippen molar-refractivity contribution in [2.24, 2.45) is 5.92 Å². The van der Waals surface area contributed by atoms with Gasteiger partial charge in [0.1, 0.15) is 12.4 Å². The second kappa shape index (κ2) is 11.6. The van der Waals surface area contributed by atoms with Crippen molar-refractivity contribution < 1.29 is 19.0 Å². The minimum absolute atomic E-state index is 0.00605. The van der Waals surface area contributed by atoms with E-state index < -0.39 is 18.2 Å². The summed E-state index contributed by atoms with van der Waals surface area (Å²) in [5.41, 5.74) is 6.35. The molecular formula is C23H31N3O5. The van der Waals surface area contributed by atoms with E-state index in [0.717, 1.165) is 38.5 Å². The Morgan fingerprint density at radius 1 is 1.23 bits per heavy atom. The van der Waals surface area contributed by atoms with Gasteiger partial charge < -0.3 is 19.9 Å². The van der Waals surface area contributed by atoms with Crippen molar-refractivity contribution in [3.05, 3.63) is 58.6 Å². The Hall–Kier alpha value is -2.71. The number of hydrogen-bond acceptors (Lipinski definition) is 7. The Bertz CT molecular complexity index is 886. The third kappa shape index (κ3) is 7.18. The maximum atomic E-state index is 12.2. The number of aromatic nitrogens is 2. The molecule has 2 heterocycles. The van der Waals surface area contributed by atoms with Crippen LogP contribution < -0.4 is 11.4 Å². The number of benzene rings is 1. The molecule has 2 aromatic rings. The molecular weight excluding hydrogens is 398 g/mol. The molecule has 1 aliphatic heterocycles. The van der Waals surface area contributed by atoms with E-state index in [9.17, 15) is 9.59 Å². The van der Waals surface area contributed by atoms with Crippen molar-refractivity contribution >= 4 is 11.8 Å². The highest BCUT2D eigenvalue weighted by molar-refractivity contribution is 5.71. The predicted molar refractivity (Wildman–Crippen MR) is 116 cm³/mol. The lowest BCUT2D eigenvalue weighted by Gasteiger charge is -2.15. The Labute approximate surface area is 182 Å². The van der Waals surface area contributed by atoms with Crippen LogP contribution in [0.15, 0.2) is 47.4 Å². The summed E-state index contributed by atoms with van der Waals surface area (Å²) >= 11 is 0. The number of anilines is 1. The fourth-order valence-electron chi connectivity index (χ4n) is 3.51. The largest absolute Gasteiger partial charge is 0.460 e. The summed E-state index contributed by atoms with van der Waals surface area (Å²) in [5.74, 6) is -0.280. The second-order valence-electron chi connectivity index (χ2n) is 7.87. The lowest BCUT2D eigenvalue weighted by molar-refractivity contribution is -0.163. The Morgan fingerprint density at radius 2 is 2.00 bits per heavy atom. The number of aryl methyl sites for hydroxylation is 1. The van der Waals surface area contributed by atoms with Gasteiger partial charge in [0.25, 0.3) is 0 Å². The smallest absolute Gasteiger partial charge is 0.351 e. The molecule has 168 valence electrons. The van der Waals surface area contributed by atoms with E-state index in [1.165, 1.54) is 22.4 Å². The van der Waals surface area contributed by atoms with Crippen molar-refractivity contribution in [3.63, 3.8) is 0 Å². The molecule has 0 saturated carbocycles. The molecule has 1 saturated heterocycles. The first-order valence-corrected chi connectivity index (χ1v) is 10.8. The van der Waals surface area contributed by atoms with Crippen LogP contribution >= 0.6 is 0 Å². The molecule has 3 atom stereocenters. The standard InChI is InChI=1S/C23H31N3O5/c1-17(9-5-2-3-6-10-18-11-7-4-8-12-18)22(27)30-16-21-29-15-20(31-21)26-14-13-19(24)25-23(26)28/h4,7-8,11-14,17,20-21H,2-3,5-6,9-10,15-16H2,1H3,(H2,24,25,28)/t17?,20-,21-/m0/s1. The van der Waals surface area contributed by atoms with Crippen molar-refractivity contribution in [1.82, 2.24) is 9.55 Å². The van der Waals surface area contributed by atoms with Gasteiger partial charge in [0.15, 0.2) is 12.5 Å². The van der Waals surface area contributed by atoms with Crippen LogP contribution in [0.5, 0.6) is 0 Å². The van der Waals surface area contributed by atoms with Crippen LogP contribution in [0.25, 0.3) is 0 Å². The van der Waals surface area contributed by atoms with Crippen LogP contribution in [-0.4, -0.2) is 35.0 Å². The lowest BCUT2D eigenvalue weighted by Crippen LogP contribution is -2.29. The van der Waals surface area contributed by atoms with Gasteiger partial charge in [-0.15, -0.1) is 0 Å². The number of unbranched alkanes of at least 4 members (excludes halogenated alkanes) is 3. The number of nitrogens with zero attached hydrogens (tertiary/aromatic N) is 2. The molecule has 2 N–H and O–H groups in total. The first-order chi connectivity index (χ1) is 15.0. The zero-order chi connectivity index (χ0) is 22.1. The summed E-state index contributed by atoms with van der Waals surface area (Å²) < 4.78 is 17.8. The monoisotopic (exact) mass is 429 g/mol. The van der Waals surface area contributed by atoms with Crippen molar-refractivity contribution in [2.75, 3.05) is 18.9 Å². The molecule has 1 unspecified atom stereocenters. The second-order valence-corrected chi connectivity index (χ2v) is 7.87. The molecule has 0 spiro atoms. The number of rotatable bonds is 11. The maximum Gasteiger partial charge on any atom is 0.351 e. The number of nitrogens with two attached hydrogens (primary N) is 1. The number of carbonyl (C=O) groups is 1. The average Bonchev–Trinajstić information content (AvgIpc) is 3.23. The zero-order valence-corrected chi connectivity index (χ0v) is 17.9. The topological polar surface area (TPSA) is 106 Å². The normalized spacial score (nSPS) is 19.3. The van der Waals surface area contributed by atoms with Gasteiger partial charge in [-0.05, 0) is 30.9 Å². The summed E-state index contributed by atoms with van der Waals surface area (Å²) in [5, 5.41) is 0. The minimum atomic E-state index is -0.705. The summed E-state index contributed by atoms with van der Waals surface area (Å²) in [6.45, 7) is 2.05. The van der Waals surface area contributed by atoms with Crippen LogP contribution in [0.2, 0.25) is 0 Å². The van der Waals surface area contributed by atoms with Crippen LogP contribution in [0.3, 0.4) is 0 Å². The van der Waals surface area contributed by atoms with E-state index in [1.54, 1.807) is 0 Å². The first-order valence-electron chi connectivity index (χ1n) is 10.8. The van der Waals surface area contributed by atoms with Gasteiger partial charge in [-0.25, -0.2) is 4.79 Å². The molecule has 0 bridgehead atoms. The Balaban J connectivity index is 1.28. The molecule has 0 aliphatic carbocycles. The van der Waals surface area contributed by atoms with Gasteiger partial charge in [0, 0.05) is 6.20 Å². The van der Waals surface area contributed by atoms with Gasteiger partial charge in [-0.1, -0.05) is 56.5 Å². The van der Waals surface area contributed by atoms with E-state index in [4.69, 9.17) is 19.9 Å². The number of esters is 1. The Kier molecular flexibility index (Phi) is 8.61. The molecule has 0 radical (unpaired) electrons. The molecule has 1 fully saturated rings. The highest BCUT2D eigenvalue weighted by Gasteiger charge is 2.29. The predicted octanol–water partition coefficient (Wildman–Crippen LogP) is 3.07. The fraction of sp³-hybridized carbons (Fsp3) is 0.522. The quantitative estimate of drug-likeness (QED) is 0.432. The van der Waals surface area contributed by atoms with Crippen molar-refractivity contribution in [1.29, 1.82) is 0 Å². The third-order valence-electron chi connectivity index (χ3n) is 5.35. The first kappa shape index (κ1) is 23.0. The molecule has 1 aromatic carbocycles. The summed E-state index contributed by atoms with van der Waals surface area (Å²) in [4.78, 5) is 27.8. The Morgan fingerprint density at radius 3 is 2.77 bits per heavy atom. The van der Waals surface area contributed by atoms with Crippen LogP contribution in [0.1, 0.15) is 50.8 Å². The number of hydrogen-bond donors (Lipinski definition) is 1. The van der Waals surface area contributed by atoms with Crippen LogP contribution in [0, 0.1) is 5.92 Å². The molecule has 31 heavy (non-hydrogen) atoms. The summed E-state index contributed by atoms with van der Waals surface area (Å²) in [7, 11) is 0. The summed E-state index contributed by atoms with van der Waals surface area (Å²) in [6, 6.07) is 12.0. The van der Waals surface area contributed by atoms with Crippen molar-refractivity contribution in [3.8, 4) is 0 Å². The van der Waals surface area contributed by atoms with Gasteiger partial charge in [-0.2, -0.15) is 4.98 Å². The van der Waals surface area contributed by atoms with Gasteiger partial charge in [0.2, 0.25) is 0 Å². The van der Waals surface area contributed by atoms with E-state index in [-0.39, 0.29) is 30.9 Å². The lowest BCUT2D eigenvalue weighted by atomic mass is 10.0. The van der Waals surface area contributed by atoms with Crippen LogP contribution in [0.4, 0.5) is 5.82 Å². The third-order valence-corrected chi connectivity index (χ3v) is 5.35. The molecule has 0 amide bonds. The van der Waals surface area contributed by atoms with Gasteiger partial charge in [0.05, 0.1) is 12.5 Å². The fourth-order valence-corrected chi connectivity index (χ4v) is 3.51. The molecule has 8 heteroatoms. The highest BCUT2D eigenvalue weighted by atomic mass is 16.7. The van der Waals surface area contributed by atoms with Crippen LogP contribution in [-0.2, 0) is 25.4 Å². The van der Waals surface area contributed by atoms with E-state index >= 15 is 0 Å². The maximum absolute atomic E-state index is 12.2. The van der Waals surface area contributed by atoms with E-state index in [1.807, 2.05) is 13.0 Å². The molecule has 1 aliphatic rings. The number of ether oxygens (including phenoxy) is 3. The summed E-state index contributed by atoms with van der Waals surface area (Å²) in [6.07, 6.45) is 6.50. The zero-order valence-electron chi connectivity index (χ0n) is 17.9. The van der Waals surface area contributed by atoms with E-state index in [2.05, 4.69) is 29.2 Å².